The number of ether oxygens (including phenoxy) is 3. The number of methoxy groups -OCH3 is 1. The summed E-state index contributed by atoms with van der Waals surface area (Å²) in [5, 5.41) is 3.86. The van der Waals surface area contributed by atoms with Crippen molar-refractivity contribution in [3.8, 4) is 28.5 Å². The molecule has 17 heavy (non-hydrogen) atoms. The van der Waals surface area contributed by atoms with Gasteiger partial charge in [-0.2, -0.15) is 0 Å². The average Bonchev–Trinajstić information content (AvgIpc) is 2.95. The van der Waals surface area contributed by atoms with Crippen LogP contribution in [-0.4, -0.2) is 19.1 Å². The molecule has 2 N–H and O–H groups in total. The van der Waals surface area contributed by atoms with Gasteiger partial charge < -0.3 is 24.5 Å². The Morgan fingerprint density at radius 3 is 2.94 bits per heavy atom. The topological polar surface area (TPSA) is 79.7 Å². The highest BCUT2D eigenvalue weighted by molar-refractivity contribution is 5.78. The minimum absolute atomic E-state index is 0.183. The van der Waals surface area contributed by atoms with E-state index in [2.05, 4.69) is 5.16 Å². The number of hydrogen-bond acceptors (Lipinski definition) is 6. The predicted molar refractivity (Wildman–Crippen MR) is 59.0 cm³/mol. The number of rotatable bonds is 2. The maximum absolute atomic E-state index is 5.51. The fourth-order valence-corrected chi connectivity index (χ4v) is 1.77. The van der Waals surface area contributed by atoms with Crippen molar-refractivity contribution in [2.75, 3.05) is 19.6 Å². The molecular formula is C11H10N2O4. The summed E-state index contributed by atoms with van der Waals surface area (Å²) < 4.78 is 20.8. The van der Waals surface area contributed by atoms with Crippen molar-refractivity contribution in [3.63, 3.8) is 0 Å². The molecule has 0 aliphatic carbocycles. The number of nitrogen functional groups attached to an aromatic ring is 1. The van der Waals surface area contributed by atoms with Gasteiger partial charge in [0, 0.05) is 6.07 Å². The second kappa shape index (κ2) is 3.58. The lowest BCUT2D eigenvalue weighted by Crippen LogP contribution is -1.94. The zero-order valence-electron chi connectivity index (χ0n) is 9.10. The monoisotopic (exact) mass is 234 g/mol. The smallest absolute Gasteiger partial charge is 0.231 e. The van der Waals surface area contributed by atoms with E-state index < -0.39 is 0 Å². The van der Waals surface area contributed by atoms with Crippen LogP contribution in [0.5, 0.6) is 17.2 Å². The minimum Gasteiger partial charge on any atom is -0.496 e. The van der Waals surface area contributed by atoms with Crippen molar-refractivity contribution in [2.24, 2.45) is 0 Å². The van der Waals surface area contributed by atoms with Crippen LogP contribution in [0.2, 0.25) is 0 Å². The number of aromatic nitrogens is 1. The Kier molecular flexibility index (Phi) is 2.07. The molecule has 6 heteroatoms. The van der Waals surface area contributed by atoms with E-state index in [1.54, 1.807) is 25.3 Å². The first-order valence-electron chi connectivity index (χ1n) is 4.98. The standard InChI is InChI=1S/C11H10N2O4/c1-14-7-2-3-8-11(16-5-15-8)10(7)6-4-9(12)17-13-6/h2-4H,5,12H2,1H3. The molecule has 0 saturated carbocycles. The molecule has 0 radical (unpaired) electrons. The summed E-state index contributed by atoms with van der Waals surface area (Å²) in [5.74, 6) is 2.11. The summed E-state index contributed by atoms with van der Waals surface area (Å²) >= 11 is 0. The number of benzene rings is 1. The van der Waals surface area contributed by atoms with Crippen LogP contribution in [0.1, 0.15) is 0 Å². The summed E-state index contributed by atoms with van der Waals surface area (Å²) in [6.07, 6.45) is 0. The van der Waals surface area contributed by atoms with Crippen LogP contribution >= 0.6 is 0 Å². The number of anilines is 1. The molecule has 1 aliphatic heterocycles. The zero-order valence-corrected chi connectivity index (χ0v) is 9.10. The van der Waals surface area contributed by atoms with Crippen molar-refractivity contribution >= 4 is 5.88 Å². The van der Waals surface area contributed by atoms with Gasteiger partial charge in [0.1, 0.15) is 11.4 Å². The average molecular weight is 234 g/mol. The van der Waals surface area contributed by atoms with Gasteiger partial charge in [0.15, 0.2) is 11.5 Å². The van der Waals surface area contributed by atoms with Gasteiger partial charge in [-0.15, -0.1) is 0 Å². The summed E-state index contributed by atoms with van der Waals surface area (Å²) in [5.41, 5.74) is 6.75. The summed E-state index contributed by atoms with van der Waals surface area (Å²) in [6.45, 7) is 0.183. The Morgan fingerprint density at radius 1 is 1.35 bits per heavy atom. The van der Waals surface area contributed by atoms with Crippen LogP contribution in [-0.2, 0) is 0 Å². The molecule has 3 rings (SSSR count). The van der Waals surface area contributed by atoms with Gasteiger partial charge >= 0.3 is 0 Å². The highest BCUT2D eigenvalue weighted by Gasteiger charge is 2.24. The van der Waals surface area contributed by atoms with Gasteiger partial charge in [-0.05, 0) is 12.1 Å². The highest BCUT2D eigenvalue weighted by atomic mass is 16.7. The Bertz CT molecular complexity index is 565. The lowest BCUT2D eigenvalue weighted by molar-refractivity contribution is 0.174. The molecule has 1 aromatic carbocycles. The molecule has 0 unspecified atom stereocenters. The Balaban J connectivity index is 2.23. The number of hydrogen-bond donors (Lipinski definition) is 1. The number of fused-ring (bicyclic) bond motifs is 1. The van der Waals surface area contributed by atoms with E-state index in [1.807, 2.05) is 0 Å². The molecular weight excluding hydrogens is 224 g/mol. The number of nitrogens with zero attached hydrogens (tertiary/aromatic N) is 1. The van der Waals surface area contributed by atoms with Crippen LogP contribution in [0.15, 0.2) is 22.7 Å². The predicted octanol–water partition coefficient (Wildman–Crippen LogP) is 1.66. The third-order valence-electron chi connectivity index (χ3n) is 2.51. The fraction of sp³-hybridized carbons (Fsp3) is 0.182. The first kappa shape index (κ1) is 9.83. The van der Waals surface area contributed by atoms with Crippen molar-refractivity contribution in [2.45, 2.75) is 0 Å². The number of nitrogens with two attached hydrogens (primary N) is 1. The Labute approximate surface area is 96.9 Å². The quantitative estimate of drug-likeness (QED) is 0.851. The molecule has 88 valence electrons. The molecule has 6 nitrogen and oxygen atoms in total. The molecule has 0 amide bonds. The van der Waals surface area contributed by atoms with E-state index in [-0.39, 0.29) is 12.7 Å². The zero-order chi connectivity index (χ0) is 11.8. The van der Waals surface area contributed by atoms with Crippen molar-refractivity contribution in [1.82, 2.24) is 5.16 Å². The third kappa shape index (κ3) is 1.45. The molecule has 0 spiro atoms. The first-order chi connectivity index (χ1) is 8.29. The summed E-state index contributed by atoms with van der Waals surface area (Å²) in [4.78, 5) is 0. The lowest BCUT2D eigenvalue weighted by Gasteiger charge is -2.08. The molecule has 0 fully saturated rings. The molecule has 0 atom stereocenters. The van der Waals surface area contributed by atoms with E-state index in [1.165, 1.54) is 0 Å². The Morgan fingerprint density at radius 2 is 2.24 bits per heavy atom. The fourth-order valence-electron chi connectivity index (χ4n) is 1.77. The van der Waals surface area contributed by atoms with Gasteiger partial charge in [0.25, 0.3) is 0 Å². The van der Waals surface area contributed by atoms with E-state index in [0.717, 1.165) is 0 Å². The van der Waals surface area contributed by atoms with Gasteiger partial charge in [-0.25, -0.2) is 0 Å². The van der Waals surface area contributed by atoms with Gasteiger partial charge in [-0.3, -0.25) is 0 Å². The second-order valence-corrected chi connectivity index (χ2v) is 3.49. The van der Waals surface area contributed by atoms with Crippen LogP contribution in [0.25, 0.3) is 11.3 Å². The SMILES string of the molecule is COc1ccc2c(c1-c1cc(N)on1)OCO2. The molecule has 1 aromatic heterocycles. The molecule has 2 heterocycles. The summed E-state index contributed by atoms with van der Waals surface area (Å²) in [6, 6.07) is 5.18. The first-order valence-corrected chi connectivity index (χ1v) is 4.98. The molecule has 2 aromatic rings. The normalized spacial score (nSPS) is 12.8. The summed E-state index contributed by atoms with van der Waals surface area (Å²) in [7, 11) is 1.57. The van der Waals surface area contributed by atoms with Crippen LogP contribution < -0.4 is 19.9 Å². The van der Waals surface area contributed by atoms with Crippen LogP contribution in [0.3, 0.4) is 0 Å². The second-order valence-electron chi connectivity index (χ2n) is 3.49. The Hall–Kier alpha value is -2.37. The van der Waals surface area contributed by atoms with E-state index in [9.17, 15) is 0 Å². The van der Waals surface area contributed by atoms with Gasteiger partial charge in [-0.1, -0.05) is 5.16 Å². The van der Waals surface area contributed by atoms with E-state index in [0.29, 0.717) is 28.5 Å². The molecule has 0 bridgehead atoms. The van der Waals surface area contributed by atoms with Gasteiger partial charge in [0.2, 0.25) is 12.7 Å². The lowest BCUT2D eigenvalue weighted by atomic mass is 10.1. The van der Waals surface area contributed by atoms with Gasteiger partial charge in [0.05, 0.1) is 12.7 Å². The maximum atomic E-state index is 5.51. The third-order valence-corrected chi connectivity index (χ3v) is 2.51. The van der Waals surface area contributed by atoms with E-state index >= 15 is 0 Å². The van der Waals surface area contributed by atoms with Crippen molar-refractivity contribution < 1.29 is 18.7 Å². The van der Waals surface area contributed by atoms with Crippen LogP contribution in [0, 0.1) is 0 Å². The highest BCUT2D eigenvalue weighted by Crippen LogP contribution is 2.46. The largest absolute Gasteiger partial charge is 0.496 e. The molecule has 1 aliphatic rings. The van der Waals surface area contributed by atoms with E-state index in [4.69, 9.17) is 24.5 Å². The maximum Gasteiger partial charge on any atom is 0.231 e. The van der Waals surface area contributed by atoms with Crippen molar-refractivity contribution in [1.29, 1.82) is 0 Å². The van der Waals surface area contributed by atoms with Crippen LogP contribution in [0.4, 0.5) is 5.88 Å². The minimum atomic E-state index is 0.183. The molecule has 0 saturated heterocycles. The van der Waals surface area contributed by atoms with Crippen molar-refractivity contribution in [3.05, 3.63) is 18.2 Å².